The second-order valence-corrected chi connectivity index (χ2v) is 8.16. The summed E-state index contributed by atoms with van der Waals surface area (Å²) >= 11 is 1.32. The number of aromatic nitrogens is 2. The Hall–Kier alpha value is -3.85. The van der Waals surface area contributed by atoms with Gasteiger partial charge in [0.2, 0.25) is 11.8 Å². The largest absolute Gasteiger partial charge is 0.370 e. The van der Waals surface area contributed by atoms with Gasteiger partial charge in [-0.25, -0.2) is 9.37 Å². The highest BCUT2D eigenvalue weighted by Crippen LogP contribution is 2.30. The monoisotopic (exact) mass is 450 g/mol. The number of amides is 2. The summed E-state index contributed by atoms with van der Waals surface area (Å²) in [6, 6.07) is 16.8. The summed E-state index contributed by atoms with van der Waals surface area (Å²) in [5, 5.41) is 0. The van der Waals surface area contributed by atoms with Crippen LogP contribution in [0.2, 0.25) is 0 Å². The topological polar surface area (TPSA) is 98.3 Å². The van der Waals surface area contributed by atoms with Crippen molar-refractivity contribution < 1.29 is 14.0 Å². The van der Waals surface area contributed by atoms with Gasteiger partial charge >= 0.3 is 0 Å². The molecule has 32 heavy (non-hydrogen) atoms. The molecule has 0 radical (unpaired) electrons. The van der Waals surface area contributed by atoms with Crippen molar-refractivity contribution in [2.45, 2.75) is 13.0 Å². The molecule has 0 fully saturated rings. The highest BCUT2D eigenvalue weighted by atomic mass is 32.1. The summed E-state index contributed by atoms with van der Waals surface area (Å²) in [5.41, 5.74) is 6.85. The molecular weight excluding hydrogens is 431 g/mol. The van der Waals surface area contributed by atoms with Gasteiger partial charge in [-0.2, -0.15) is 0 Å². The number of carbonyl (C=O) groups excluding carboxylic acids is 2. The van der Waals surface area contributed by atoms with Gasteiger partial charge in [0.1, 0.15) is 17.1 Å². The Morgan fingerprint density at radius 2 is 1.81 bits per heavy atom. The van der Waals surface area contributed by atoms with Gasteiger partial charge < -0.3 is 10.6 Å². The van der Waals surface area contributed by atoms with E-state index in [0.717, 1.165) is 10.4 Å². The van der Waals surface area contributed by atoms with Crippen molar-refractivity contribution >= 4 is 39.1 Å². The van der Waals surface area contributed by atoms with Gasteiger partial charge in [0.05, 0.1) is 11.8 Å². The fraction of sp³-hybridized carbons (Fsp3) is 0.130. The third kappa shape index (κ3) is 4.57. The van der Waals surface area contributed by atoms with Crippen molar-refractivity contribution in [3.05, 3.63) is 83.2 Å². The third-order valence-corrected chi connectivity index (χ3v) is 6.05. The molecule has 4 rings (SSSR count). The molecule has 0 bridgehead atoms. The van der Waals surface area contributed by atoms with Gasteiger partial charge in [-0.3, -0.25) is 19.0 Å². The molecule has 0 atom stereocenters. The maximum atomic E-state index is 13.3. The van der Waals surface area contributed by atoms with Crippen LogP contribution in [0.15, 0.2) is 71.8 Å². The van der Waals surface area contributed by atoms with E-state index in [1.165, 1.54) is 51.4 Å². The molecule has 7 nitrogen and oxygen atoms in total. The first-order valence-electron chi connectivity index (χ1n) is 9.81. The lowest BCUT2D eigenvalue weighted by Gasteiger charge is -2.22. The van der Waals surface area contributed by atoms with Crippen LogP contribution in [0.1, 0.15) is 6.42 Å². The highest BCUT2D eigenvalue weighted by molar-refractivity contribution is 7.22. The fourth-order valence-corrected chi connectivity index (χ4v) is 4.34. The normalized spacial score (nSPS) is 10.9. The van der Waals surface area contributed by atoms with Crippen LogP contribution in [-0.4, -0.2) is 27.9 Å². The summed E-state index contributed by atoms with van der Waals surface area (Å²) in [6.07, 6.45) is 1.27. The number of nitrogens with zero attached hydrogens (tertiary/aromatic N) is 3. The molecule has 0 spiro atoms. The quantitative estimate of drug-likeness (QED) is 0.468. The first-order chi connectivity index (χ1) is 15.4. The van der Waals surface area contributed by atoms with E-state index in [9.17, 15) is 18.8 Å². The number of hydrogen-bond donors (Lipinski definition) is 1. The first kappa shape index (κ1) is 21.4. The van der Waals surface area contributed by atoms with E-state index < -0.39 is 17.6 Å². The predicted molar refractivity (Wildman–Crippen MR) is 122 cm³/mol. The van der Waals surface area contributed by atoms with Crippen LogP contribution < -0.4 is 16.2 Å². The summed E-state index contributed by atoms with van der Waals surface area (Å²) in [4.78, 5) is 43.8. The molecule has 0 saturated carbocycles. The van der Waals surface area contributed by atoms with Crippen LogP contribution >= 0.6 is 11.3 Å². The minimum atomic E-state index is -0.572. The minimum Gasteiger partial charge on any atom is -0.370 e. The number of rotatable bonds is 7. The molecule has 162 valence electrons. The van der Waals surface area contributed by atoms with E-state index in [4.69, 9.17) is 5.73 Å². The van der Waals surface area contributed by atoms with Gasteiger partial charge in [0, 0.05) is 23.5 Å². The number of nitrogens with two attached hydrogens (primary N) is 1. The number of benzene rings is 2. The molecule has 2 aromatic carbocycles. The maximum Gasteiger partial charge on any atom is 0.271 e. The molecule has 0 saturated heterocycles. The van der Waals surface area contributed by atoms with E-state index in [1.54, 1.807) is 0 Å². The zero-order chi connectivity index (χ0) is 22.7. The Balaban J connectivity index is 1.63. The van der Waals surface area contributed by atoms with E-state index in [0.29, 0.717) is 15.9 Å². The summed E-state index contributed by atoms with van der Waals surface area (Å²) in [5.74, 6) is -1.47. The van der Waals surface area contributed by atoms with Gasteiger partial charge in [0.25, 0.3) is 5.56 Å². The Morgan fingerprint density at radius 1 is 1.09 bits per heavy atom. The molecule has 0 aliphatic heterocycles. The smallest absolute Gasteiger partial charge is 0.271 e. The molecule has 9 heteroatoms. The molecule has 0 aliphatic rings. The molecule has 2 N–H and O–H groups in total. The number of halogens is 1. The van der Waals surface area contributed by atoms with Crippen molar-refractivity contribution in [2.75, 3.05) is 11.4 Å². The third-order valence-electron chi connectivity index (χ3n) is 4.89. The van der Waals surface area contributed by atoms with E-state index in [1.807, 2.05) is 36.4 Å². The zero-order valence-electron chi connectivity index (χ0n) is 16.9. The number of carbonyl (C=O) groups is 2. The van der Waals surface area contributed by atoms with Crippen LogP contribution in [0.5, 0.6) is 0 Å². The van der Waals surface area contributed by atoms with Gasteiger partial charge in [-0.1, -0.05) is 30.3 Å². The molecule has 0 unspecified atom stereocenters. The van der Waals surface area contributed by atoms with E-state index in [-0.39, 0.29) is 25.1 Å². The Bertz CT molecular complexity index is 1330. The minimum absolute atomic E-state index is 0.0153. The van der Waals surface area contributed by atoms with Crippen molar-refractivity contribution in [1.29, 1.82) is 0 Å². The number of anilines is 1. The number of primary amides is 1. The molecule has 2 aromatic heterocycles. The maximum absolute atomic E-state index is 13.3. The van der Waals surface area contributed by atoms with Crippen LogP contribution in [0, 0.1) is 5.82 Å². The van der Waals surface area contributed by atoms with Crippen molar-refractivity contribution in [2.24, 2.45) is 5.73 Å². The van der Waals surface area contributed by atoms with Crippen LogP contribution in [0.25, 0.3) is 20.7 Å². The Kier molecular flexibility index (Phi) is 6.09. The van der Waals surface area contributed by atoms with E-state index >= 15 is 0 Å². The molecule has 0 aliphatic carbocycles. The van der Waals surface area contributed by atoms with E-state index in [2.05, 4.69) is 4.98 Å². The van der Waals surface area contributed by atoms with Crippen molar-refractivity contribution in [1.82, 2.24) is 9.55 Å². The van der Waals surface area contributed by atoms with Gasteiger partial charge in [-0.05, 0) is 35.9 Å². The standard InChI is InChI=1S/C23H19FN4O3S/c24-16-6-8-17(9-7-16)28(11-10-20(25)29)21(30)13-27-14-26-18-12-19(32-22(18)23(27)31)15-4-2-1-3-5-15/h1-9,12,14H,10-11,13H2,(H2,25,29). The van der Waals surface area contributed by atoms with Crippen LogP contribution in [0.4, 0.5) is 10.1 Å². The lowest BCUT2D eigenvalue weighted by Crippen LogP contribution is -2.38. The lowest BCUT2D eigenvalue weighted by molar-refractivity contribution is -0.119. The zero-order valence-corrected chi connectivity index (χ0v) is 17.7. The highest BCUT2D eigenvalue weighted by Gasteiger charge is 2.19. The molecule has 4 aromatic rings. The van der Waals surface area contributed by atoms with Crippen molar-refractivity contribution in [3.8, 4) is 10.4 Å². The Labute approximate surface area is 186 Å². The average molecular weight is 450 g/mol. The number of thiophene rings is 1. The first-order valence-corrected chi connectivity index (χ1v) is 10.6. The Morgan fingerprint density at radius 3 is 2.50 bits per heavy atom. The second-order valence-electron chi connectivity index (χ2n) is 7.11. The number of hydrogen-bond acceptors (Lipinski definition) is 5. The average Bonchev–Trinajstić information content (AvgIpc) is 3.23. The van der Waals surface area contributed by atoms with Crippen LogP contribution in [0.3, 0.4) is 0 Å². The molecular formula is C23H19FN4O3S. The second kappa shape index (κ2) is 9.11. The van der Waals surface area contributed by atoms with Crippen molar-refractivity contribution in [3.63, 3.8) is 0 Å². The summed E-state index contributed by atoms with van der Waals surface area (Å²) in [7, 11) is 0. The van der Waals surface area contributed by atoms with Gasteiger partial charge in [-0.15, -0.1) is 11.3 Å². The summed E-state index contributed by atoms with van der Waals surface area (Å²) in [6.45, 7) is -0.266. The lowest BCUT2D eigenvalue weighted by atomic mass is 10.2. The summed E-state index contributed by atoms with van der Waals surface area (Å²) < 4.78 is 15.0. The predicted octanol–water partition coefficient (Wildman–Crippen LogP) is 3.17. The fourth-order valence-electron chi connectivity index (χ4n) is 3.27. The molecule has 2 amide bonds. The van der Waals surface area contributed by atoms with Gasteiger partial charge in [0.15, 0.2) is 0 Å². The molecule has 2 heterocycles. The number of fused-ring (bicyclic) bond motifs is 1. The van der Waals surface area contributed by atoms with Crippen LogP contribution in [-0.2, 0) is 16.1 Å². The SMILES string of the molecule is NC(=O)CCN(C(=O)Cn1cnc2cc(-c3ccccc3)sc2c1=O)c1ccc(F)cc1.